The van der Waals surface area contributed by atoms with Gasteiger partial charge in [0.15, 0.2) is 0 Å². The summed E-state index contributed by atoms with van der Waals surface area (Å²) >= 11 is 0. The van der Waals surface area contributed by atoms with Crippen LogP contribution in [0.15, 0.2) is 40.1 Å². The van der Waals surface area contributed by atoms with Crippen LogP contribution >= 0.6 is 12.4 Å². The molecule has 0 radical (unpaired) electrons. The molecule has 3 rings (SSSR count). The maximum absolute atomic E-state index is 12.8. The number of alkyl halides is 3. The molecule has 1 N–H and O–H groups in total. The topological polar surface area (TPSA) is 74.2 Å². The Labute approximate surface area is 158 Å². The number of halogens is 4. The van der Waals surface area contributed by atoms with E-state index in [1.54, 1.807) is 6.07 Å². The highest BCUT2D eigenvalue weighted by Crippen LogP contribution is 2.31. The largest absolute Gasteiger partial charge is 0.416 e. The second kappa shape index (κ2) is 8.57. The van der Waals surface area contributed by atoms with Crippen LogP contribution in [-0.4, -0.2) is 52.4 Å². The predicted molar refractivity (Wildman–Crippen MR) is 96.5 cm³/mol. The number of nitrogens with one attached hydrogen (secondary N) is 1. The summed E-state index contributed by atoms with van der Waals surface area (Å²) in [7, 11) is 0. The Morgan fingerprint density at radius 3 is 2.41 bits per heavy atom. The zero-order valence-electron chi connectivity index (χ0n) is 14.3. The van der Waals surface area contributed by atoms with Crippen molar-refractivity contribution in [2.24, 2.45) is 0 Å². The van der Waals surface area contributed by atoms with Gasteiger partial charge >= 0.3 is 11.9 Å². The van der Waals surface area contributed by atoms with Gasteiger partial charge in [-0.25, -0.2) is 9.48 Å². The van der Waals surface area contributed by atoms with Crippen LogP contribution in [0.25, 0.3) is 0 Å². The molecular weight excluding hydrogens is 387 g/mol. The number of rotatable bonds is 4. The van der Waals surface area contributed by atoms with Crippen molar-refractivity contribution in [2.75, 3.05) is 37.6 Å². The Morgan fingerprint density at radius 2 is 1.78 bits per heavy atom. The van der Waals surface area contributed by atoms with Crippen LogP contribution in [0.3, 0.4) is 0 Å². The number of piperazine rings is 1. The number of aromatic amines is 1. The third-order valence-corrected chi connectivity index (χ3v) is 4.32. The molecule has 7 nitrogen and oxygen atoms in total. The minimum Gasteiger partial charge on any atom is -0.369 e. The third-order valence-electron chi connectivity index (χ3n) is 4.32. The minimum atomic E-state index is -4.35. The smallest absolute Gasteiger partial charge is 0.369 e. The molecule has 0 spiro atoms. The van der Waals surface area contributed by atoms with Crippen LogP contribution in [0.2, 0.25) is 0 Å². The number of hydrogen-bond acceptors (Lipinski definition) is 5. The van der Waals surface area contributed by atoms with Crippen molar-refractivity contribution in [3.05, 3.63) is 56.9 Å². The molecule has 0 bridgehead atoms. The second-order valence-electron chi connectivity index (χ2n) is 6.04. The summed E-state index contributed by atoms with van der Waals surface area (Å²) in [4.78, 5) is 28.7. The summed E-state index contributed by atoms with van der Waals surface area (Å²) in [5.74, 6) is 0. The first-order valence-electron chi connectivity index (χ1n) is 8.14. The molecule has 2 aromatic rings. The average Bonchev–Trinajstić information content (AvgIpc) is 2.61. The standard InChI is InChI=1S/C16H18F3N5O2.ClH/c17-16(18,19)12-2-1-3-13(10-12)23-7-4-22(5-8-23)6-9-24-15(26)21-14(25)11-20-24;/h1-3,10-11H,4-9H2,(H,21,25,26);1H. The molecule has 1 aliphatic heterocycles. The van der Waals surface area contributed by atoms with Crippen LogP contribution in [0.1, 0.15) is 5.56 Å². The fraction of sp³-hybridized carbons (Fsp3) is 0.438. The van der Waals surface area contributed by atoms with Crippen molar-refractivity contribution in [2.45, 2.75) is 12.7 Å². The van der Waals surface area contributed by atoms with Gasteiger partial charge in [0.1, 0.15) is 6.20 Å². The molecule has 0 unspecified atom stereocenters. The van der Waals surface area contributed by atoms with Crippen LogP contribution in [0.4, 0.5) is 18.9 Å². The first kappa shape index (κ1) is 21.0. The Kier molecular flexibility index (Phi) is 6.66. The number of nitrogens with zero attached hydrogens (tertiary/aromatic N) is 4. The summed E-state index contributed by atoms with van der Waals surface area (Å²) < 4.78 is 39.7. The van der Waals surface area contributed by atoms with E-state index in [0.29, 0.717) is 45.0 Å². The van der Waals surface area contributed by atoms with Crippen molar-refractivity contribution < 1.29 is 13.2 Å². The summed E-state index contributed by atoms with van der Waals surface area (Å²) in [5.41, 5.74) is -1.19. The molecule has 1 saturated heterocycles. The SMILES string of the molecule is Cl.O=c1cnn(CCN2CCN(c3cccc(C(F)(F)F)c3)CC2)c(=O)[nH]1. The summed E-state index contributed by atoms with van der Waals surface area (Å²) in [6.07, 6.45) is -3.30. The molecule has 2 heterocycles. The van der Waals surface area contributed by atoms with E-state index < -0.39 is 23.0 Å². The fourth-order valence-electron chi connectivity index (χ4n) is 2.88. The van der Waals surface area contributed by atoms with E-state index in [0.717, 1.165) is 12.3 Å². The van der Waals surface area contributed by atoms with Crippen LogP contribution in [0, 0.1) is 0 Å². The summed E-state index contributed by atoms with van der Waals surface area (Å²) in [6, 6.07) is 5.32. The number of aromatic nitrogens is 3. The molecule has 27 heavy (non-hydrogen) atoms. The molecule has 0 aliphatic carbocycles. The lowest BCUT2D eigenvalue weighted by molar-refractivity contribution is -0.137. The van der Waals surface area contributed by atoms with Gasteiger partial charge in [0.25, 0.3) is 5.56 Å². The van der Waals surface area contributed by atoms with E-state index in [2.05, 4.69) is 15.0 Å². The minimum absolute atomic E-state index is 0. The summed E-state index contributed by atoms with van der Waals surface area (Å²) in [5, 5.41) is 3.77. The quantitative estimate of drug-likeness (QED) is 0.827. The molecular formula is C16H19ClF3N5O2. The van der Waals surface area contributed by atoms with E-state index in [1.165, 1.54) is 16.8 Å². The molecule has 11 heteroatoms. The Hall–Kier alpha value is -2.33. The Bertz CT molecular complexity index is 875. The predicted octanol–water partition coefficient (Wildman–Crippen LogP) is 1.19. The van der Waals surface area contributed by atoms with Gasteiger partial charge in [0, 0.05) is 38.4 Å². The van der Waals surface area contributed by atoms with Crippen molar-refractivity contribution in [3.8, 4) is 0 Å². The van der Waals surface area contributed by atoms with Crippen molar-refractivity contribution in [1.29, 1.82) is 0 Å². The first-order chi connectivity index (χ1) is 12.3. The van der Waals surface area contributed by atoms with Crippen LogP contribution in [-0.2, 0) is 12.7 Å². The van der Waals surface area contributed by atoms with Crippen molar-refractivity contribution in [1.82, 2.24) is 19.7 Å². The maximum Gasteiger partial charge on any atom is 0.416 e. The van der Waals surface area contributed by atoms with Gasteiger partial charge in [0.05, 0.1) is 12.1 Å². The van der Waals surface area contributed by atoms with E-state index in [4.69, 9.17) is 0 Å². The molecule has 1 fully saturated rings. The fourth-order valence-corrected chi connectivity index (χ4v) is 2.88. The number of anilines is 1. The van der Waals surface area contributed by atoms with Gasteiger partial charge in [-0.15, -0.1) is 12.4 Å². The van der Waals surface area contributed by atoms with Gasteiger partial charge in [-0.05, 0) is 18.2 Å². The zero-order chi connectivity index (χ0) is 18.7. The number of H-pyrrole nitrogens is 1. The Balaban J connectivity index is 0.00000261. The van der Waals surface area contributed by atoms with Crippen molar-refractivity contribution in [3.63, 3.8) is 0 Å². The molecule has 1 aromatic carbocycles. The van der Waals surface area contributed by atoms with Gasteiger partial charge < -0.3 is 4.90 Å². The van der Waals surface area contributed by atoms with Gasteiger partial charge in [-0.1, -0.05) is 6.07 Å². The van der Waals surface area contributed by atoms with E-state index in [1.807, 2.05) is 4.90 Å². The highest BCUT2D eigenvalue weighted by Gasteiger charge is 2.31. The average molecular weight is 406 g/mol. The van der Waals surface area contributed by atoms with Gasteiger partial charge in [-0.3, -0.25) is 14.7 Å². The van der Waals surface area contributed by atoms with Gasteiger partial charge in [-0.2, -0.15) is 18.3 Å². The zero-order valence-corrected chi connectivity index (χ0v) is 15.1. The first-order valence-corrected chi connectivity index (χ1v) is 8.14. The normalized spacial score (nSPS) is 15.4. The second-order valence-corrected chi connectivity index (χ2v) is 6.04. The molecule has 148 valence electrons. The van der Waals surface area contributed by atoms with Crippen molar-refractivity contribution >= 4 is 18.1 Å². The maximum atomic E-state index is 12.8. The van der Waals surface area contributed by atoms with Gasteiger partial charge in [0.2, 0.25) is 0 Å². The van der Waals surface area contributed by atoms with Crippen LogP contribution < -0.4 is 16.1 Å². The molecule has 0 atom stereocenters. The molecule has 1 aliphatic rings. The Morgan fingerprint density at radius 1 is 1.07 bits per heavy atom. The summed E-state index contributed by atoms with van der Waals surface area (Å²) in [6.45, 7) is 3.40. The van der Waals surface area contributed by atoms with E-state index in [-0.39, 0.29) is 12.4 Å². The third kappa shape index (κ3) is 5.33. The lowest BCUT2D eigenvalue weighted by Gasteiger charge is -2.36. The molecule has 0 amide bonds. The van der Waals surface area contributed by atoms with Crippen LogP contribution in [0.5, 0.6) is 0 Å². The number of benzene rings is 1. The monoisotopic (exact) mass is 405 g/mol. The lowest BCUT2D eigenvalue weighted by Crippen LogP contribution is -2.48. The van der Waals surface area contributed by atoms with E-state index >= 15 is 0 Å². The molecule has 1 aromatic heterocycles. The lowest BCUT2D eigenvalue weighted by atomic mass is 10.1. The molecule has 0 saturated carbocycles. The number of hydrogen-bond donors (Lipinski definition) is 1. The highest BCUT2D eigenvalue weighted by atomic mass is 35.5. The van der Waals surface area contributed by atoms with E-state index in [9.17, 15) is 22.8 Å². The highest BCUT2D eigenvalue weighted by molar-refractivity contribution is 5.85.